The molecule has 2 aromatic rings. The van der Waals surface area contributed by atoms with Crippen molar-refractivity contribution in [1.82, 2.24) is 4.98 Å². The fourth-order valence-electron chi connectivity index (χ4n) is 1.86. The third-order valence-corrected chi connectivity index (χ3v) is 3.13. The van der Waals surface area contributed by atoms with E-state index in [0.717, 1.165) is 29.3 Å². The first kappa shape index (κ1) is 15.2. The van der Waals surface area contributed by atoms with Crippen molar-refractivity contribution in [2.45, 2.75) is 18.9 Å². The van der Waals surface area contributed by atoms with Gasteiger partial charge in [0.25, 0.3) is 0 Å². The second kappa shape index (κ2) is 6.90. The van der Waals surface area contributed by atoms with E-state index in [2.05, 4.69) is 4.98 Å². The zero-order valence-corrected chi connectivity index (χ0v) is 11.5. The molecule has 0 spiro atoms. The van der Waals surface area contributed by atoms with E-state index in [1.165, 1.54) is 0 Å². The van der Waals surface area contributed by atoms with E-state index >= 15 is 0 Å². The second-order valence-corrected chi connectivity index (χ2v) is 4.46. The molecule has 0 aliphatic heterocycles. The van der Waals surface area contributed by atoms with Crippen LogP contribution in [0.3, 0.4) is 0 Å². The lowest BCUT2D eigenvalue weighted by atomic mass is 10.0. The molecule has 98 valence electrons. The quantitative estimate of drug-likeness (QED) is 0.849. The molecule has 0 aliphatic carbocycles. The maximum absolute atomic E-state index is 6.15. The van der Waals surface area contributed by atoms with Gasteiger partial charge in [-0.3, -0.25) is 0 Å². The first-order valence-corrected chi connectivity index (χ1v) is 6.11. The Hall–Kier alpha value is -0.870. The summed E-state index contributed by atoms with van der Waals surface area (Å²) < 4.78 is 0. The zero-order chi connectivity index (χ0) is 12.3. The van der Waals surface area contributed by atoms with Gasteiger partial charge in [0, 0.05) is 17.0 Å². The van der Waals surface area contributed by atoms with Crippen LogP contribution in [0.2, 0.25) is 5.15 Å². The second-order valence-electron chi connectivity index (χ2n) is 4.10. The Labute approximate surface area is 118 Å². The lowest BCUT2D eigenvalue weighted by molar-refractivity contribution is 0.617. The van der Waals surface area contributed by atoms with Crippen molar-refractivity contribution in [1.29, 1.82) is 0 Å². The highest BCUT2D eigenvalue weighted by atomic mass is 35.5. The van der Waals surface area contributed by atoms with Crippen molar-refractivity contribution in [3.63, 3.8) is 0 Å². The van der Waals surface area contributed by atoms with Crippen molar-refractivity contribution >= 4 is 34.9 Å². The zero-order valence-electron chi connectivity index (χ0n) is 9.97. The topological polar surface area (TPSA) is 64.9 Å². The van der Waals surface area contributed by atoms with Gasteiger partial charge in [-0.15, -0.1) is 12.4 Å². The van der Waals surface area contributed by atoms with E-state index in [0.29, 0.717) is 11.7 Å². The van der Waals surface area contributed by atoms with Crippen LogP contribution in [0.1, 0.15) is 24.4 Å². The fraction of sp³-hybridized carbons (Fsp3) is 0.308. The molecule has 2 rings (SSSR count). The number of hydrogen-bond donors (Lipinski definition) is 2. The standard InChI is InChI=1S/C13H16ClN3.ClH/c14-13-10(11(16)5-3-7-15)8-9-4-1-2-6-12(9)17-13;/h1-2,4,6,8,11H,3,5,7,15-16H2;1H/t11-;/m0./s1. The Morgan fingerprint density at radius 3 is 2.72 bits per heavy atom. The number of nitrogens with two attached hydrogens (primary N) is 2. The Balaban J connectivity index is 0.00000162. The van der Waals surface area contributed by atoms with Crippen LogP contribution in [0.25, 0.3) is 10.9 Å². The molecule has 0 fully saturated rings. The monoisotopic (exact) mass is 285 g/mol. The van der Waals surface area contributed by atoms with Gasteiger partial charge in [-0.1, -0.05) is 29.8 Å². The first-order chi connectivity index (χ1) is 8.22. The summed E-state index contributed by atoms with van der Waals surface area (Å²) >= 11 is 6.15. The number of para-hydroxylation sites is 1. The van der Waals surface area contributed by atoms with Crippen molar-refractivity contribution in [2.75, 3.05) is 6.54 Å². The highest BCUT2D eigenvalue weighted by Gasteiger charge is 2.12. The van der Waals surface area contributed by atoms with Crippen LogP contribution in [0.5, 0.6) is 0 Å². The van der Waals surface area contributed by atoms with Gasteiger partial charge in [0.2, 0.25) is 0 Å². The first-order valence-electron chi connectivity index (χ1n) is 5.73. The third kappa shape index (κ3) is 3.33. The molecule has 1 atom stereocenters. The molecule has 0 bridgehead atoms. The summed E-state index contributed by atoms with van der Waals surface area (Å²) in [6.07, 6.45) is 1.72. The Kier molecular flexibility index (Phi) is 5.82. The minimum absolute atomic E-state index is 0. The number of aromatic nitrogens is 1. The molecule has 5 heteroatoms. The molecule has 0 radical (unpaired) electrons. The SMILES string of the molecule is Cl.NCCC[C@H](N)c1cc2ccccc2nc1Cl. The molecule has 1 aromatic heterocycles. The van der Waals surface area contributed by atoms with E-state index in [1.54, 1.807) is 0 Å². The van der Waals surface area contributed by atoms with Crippen molar-refractivity contribution in [3.8, 4) is 0 Å². The molecule has 0 aliphatic rings. The van der Waals surface area contributed by atoms with E-state index in [4.69, 9.17) is 23.1 Å². The van der Waals surface area contributed by atoms with Crippen LogP contribution in [0.4, 0.5) is 0 Å². The van der Waals surface area contributed by atoms with Crippen LogP contribution >= 0.6 is 24.0 Å². The van der Waals surface area contributed by atoms with Gasteiger partial charge >= 0.3 is 0 Å². The normalized spacial score (nSPS) is 12.2. The van der Waals surface area contributed by atoms with Gasteiger partial charge < -0.3 is 11.5 Å². The summed E-state index contributed by atoms with van der Waals surface area (Å²) in [4.78, 5) is 4.36. The number of pyridine rings is 1. The highest BCUT2D eigenvalue weighted by molar-refractivity contribution is 6.30. The lowest BCUT2D eigenvalue weighted by Crippen LogP contribution is -2.13. The Morgan fingerprint density at radius 1 is 1.28 bits per heavy atom. The Morgan fingerprint density at radius 2 is 2.00 bits per heavy atom. The Bertz CT molecular complexity index is 517. The molecule has 0 saturated heterocycles. The van der Waals surface area contributed by atoms with E-state index in [9.17, 15) is 0 Å². The van der Waals surface area contributed by atoms with Gasteiger partial charge in [0.05, 0.1) is 5.52 Å². The van der Waals surface area contributed by atoms with E-state index in [-0.39, 0.29) is 18.4 Å². The average molecular weight is 286 g/mol. The number of fused-ring (bicyclic) bond motifs is 1. The van der Waals surface area contributed by atoms with Crippen LogP contribution in [-0.2, 0) is 0 Å². The van der Waals surface area contributed by atoms with Crippen molar-refractivity contribution in [3.05, 3.63) is 41.0 Å². The molecule has 18 heavy (non-hydrogen) atoms. The van der Waals surface area contributed by atoms with Gasteiger partial charge in [0.15, 0.2) is 0 Å². The van der Waals surface area contributed by atoms with Gasteiger partial charge in [-0.25, -0.2) is 4.98 Å². The molecule has 3 nitrogen and oxygen atoms in total. The molecule has 1 aromatic carbocycles. The molecule has 0 unspecified atom stereocenters. The number of nitrogens with zero attached hydrogens (tertiary/aromatic N) is 1. The van der Waals surface area contributed by atoms with Crippen molar-refractivity contribution < 1.29 is 0 Å². The smallest absolute Gasteiger partial charge is 0.134 e. The van der Waals surface area contributed by atoms with Crippen LogP contribution in [0.15, 0.2) is 30.3 Å². The van der Waals surface area contributed by atoms with Crippen LogP contribution in [0, 0.1) is 0 Å². The van der Waals surface area contributed by atoms with Gasteiger partial charge in [-0.05, 0) is 31.5 Å². The van der Waals surface area contributed by atoms with E-state index < -0.39 is 0 Å². The summed E-state index contributed by atoms with van der Waals surface area (Å²) in [6.45, 7) is 0.645. The highest BCUT2D eigenvalue weighted by Crippen LogP contribution is 2.26. The van der Waals surface area contributed by atoms with Crippen molar-refractivity contribution in [2.24, 2.45) is 11.5 Å². The molecule has 4 N–H and O–H groups in total. The van der Waals surface area contributed by atoms with Gasteiger partial charge in [-0.2, -0.15) is 0 Å². The number of rotatable bonds is 4. The molecular formula is C13H17Cl2N3. The summed E-state index contributed by atoms with van der Waals surface area (Å²) in [5, 5.41) is 1.56. The minimum atomic E-state index is -0.0943. The number of benzene rings is 1. The number of hydrogen-bond acceptors (Lipinski definition) is 3. The number of halogens is 2. The van der Waals surface area contributed by atoms with Crippen LogP contribution < -0.4 is 11.5 Å². The van der Waals surface area contributed by atoms with Gasteiger partial charge in [0.1, 0.15) is 5.15 Å². The predicted octanol–water partition coefficient (Wildman–Crippen LogP) is 3.05. The van der Waals surface area contributed by atoms with Crippen LogP contribution in [-0.4, -0.2) is 11.5 Å². The molecule has 0 amide bonds. The maximum atomic E-state index is 6.15. The fourth-order valence-corrected chi connectivity index (χ4v) is 2.15. The maximum Gasteiger partial charge on any atom is 0.134 e. The molecule has 0 saturated carbocycles. The predicted molar refractivity (Wildman–Crippen MR) is 79.2 cm³/mol. The lowest BCUT2D eigenvalue weighted by Gasteiger charge is -2.13. The molecular weight excluding hydrogens is 269 g/mol. The largest absolute Gasteiger partial charge is 0.330 e. The average Bonchev–Trinajstić information content (AvgIpc) is 2.35. The summed E-state index contributed by atoms with van der Waals surface area (Å²) in [5.41, 5.74) is 13.4. The summed E-state index contributed by atoms with van der Waals surface area (Å²) in [5.74, 6) is 0. The summed E-state index contributed by atoms with van der Waals surface area (Å²) in [7, 11) is 0. The third-order valence-electron chi connectivity index (χ3n) is 2.82. The minimum Gasteiger partial charge on any atom is -0.330 e. The van der Waals surface area contributed by atoms with E-state index in [1.807, 2.05) is 30.3 Å². The summed E-state index contributed by atoms with van der Waals surface area (Å²) in [6, 6.07) is 9.80. The molecule has 1 heterocycles.